The van der Waals surface area contributed by atoms with E-state index in [4.69, 9.17) is 33.7 Å². The van der Waals surface area contributed by atoms with Crippen molar-refractivity contribution in [3.63, 3.8) is 0 Å². The molecule has 0 fully saturated rings. The predicted molar refractivity (Wildman–Crippen MR) is 314 cm³/mol. The maximum absolute atomic E-state index is 16.1. The average Bonchev–Trinajstić information content (AvgIpc) is 2.37. The molecule has 17 nitrogen and oxygen atoms in total. The van der Waals surface area contributed by atoms with E-state index in [1.165, 1.54) is 38.5 Å². The Morgan fingerprint density at radius 3 is 1.33 bits per heavy atom. The highest BCUT2D eigenvalue weighted by molar-refractivity contribution is 6.05. The highest BCUT2D eigenvalue weighted by Gasteiger charge is 2.24. The molecule has 12 rings (SSSR count). The number of halogens is 4. The first-order valence-corrected chi connectivity index (χ1v) is 27.5. The van der Waals surface area contributed by atoms with Crippen LogP contribution in [-0.4, -0.2) is 88.0 Å². The lowest BCUT2D eigenvalue weighted by molar-refractivity contribution is 0.0397. The van der Waals surface area contributed by atoms with E-state index in [9.17, 15) is 9.59 Å². The van der Waals surface area contributed by atoms with Crippen molar-refractivity contribution in [3.05, 3.63) is 251 Å². The minimum absolute atomic E-state index is 0.0117. The summed E-state index contributed by atoms with van der Waals surface area (Å²) in [6.45, 7) is 1.15. The third-order valence-corrected chi connectivity index (χ3v) is 14.4. The maximum Gasteiger partial charge on any atom is 0.346 e. The lowest BCUT2D eigenvalue weighted by atomic mass is 10.0. The van der Waals surface area contributed by atoms with Crippen LogP contribution in [0.3, 0.4) is 0 Å². The fourth-order valence-corrected chi connectivity index (χ4v) is 10.0. The molecule has 0 atom stereocenters. The Labute approximate surface area is 494 Å². The first-order valence-electron chi connectivity index (χ1n) is 27.5. The minimum atomic E-state index is -0.967. The van der Waals surface area contributed by atoms with Gasteiger partial charge in [0.2, 0.25) is 11.8 Å². The van der Waals surface area contributed by atoms with Crippen molar-refractivity contribution >= 4 is 34.0 Å². The number of aromatic nitrogens is 10. The molecule has 0 saturated carbocycles. The second-order valence-corrected chi connectivity index (χ2v) is 20.2. The third-order valence-electron chi connectivity index (χ3n) is 14.4. The lowest BCUT2D eigenvalue weighted by Crippen LogP contribution is -2.14. The summed E-state index contributed by atoms with van der Waals surface area (Å²) in [5.41, 5.74) is 5.38. The van der Waals surface area contributed by atoms with Crippen LogP contribution < -0.4 is 9.47 Å². The van der Waals surface area contributed by atoms with Gasteiger partial charge in [0.05, 0.1) is 81.6 Å². The van der Waals surface area contributed by atoms with Gasteiger partial charge in [-0.25, -0.2) is 56.5 Å². The minimum Gasteiger partial charge on any atom is -0.473 e. The number of carbonyl (C=O) groups excluding carboxylic acids is 2. The summed E-state index contributed by atoms with van der Waals surface area (Å²) in [5.74, 6) is -3.63. The molecule has 6 aromatic heterocycles. The number of esters is 2. The van der Waals surface area contributed by atoms with Crippen LogP contribution in [0.4, 0.5) is 17.6 Å². The number of pyridine rings is 2. The van der Waals surface area contributed by atoms with Gasteiger partial charge in [-0.05, 0) is 108 Å². The summed E-state index contributed by atoms with van der Waals surface area (Å²) in [7, 11) is 3.03. The summed E-state index contributed by atoms with van der Waals surface area (Å²) < 4.78 is 99.1. The molecule has 12 aromatic rings. The highest BCUT2D eigenvalue weighted by atomic mass is 19.1. The summed E-state index contributed by atoms with van der Waals surface area (Å²) >= 11 is 0. The summed E-state index contributed by atoms with van der Waals surface area (Å²) in [6, 6.07) is 42.3. The molecule has 0 saturated heterocycles. The molecule has 87 heavy (non-hydrogen) atoms. The molecular weight excluding hydrogens is 1120 g/mol. The van der Waals surface area contributed by atoms with Crippen molar-refractivity contribution in [2.75, 3.05) is 27.4 Å². The number of rotatable bonds is 22. The summed E-state index contributed by atoms with van der Waals surface area (Å²) in [5, 5.41) is 8.78. The van der Waals surface area contributed by atoms with Gasteiger partial charge in [-0.1, -0.05) is 48.5 Å². The number of imidazole rings is 2. The Balaban J connectivity index is 0.721. The molecular formula is C66H52F4N10O7. The van der Waals surface area contributed by atoms with Gasteiger partial charge in [-0.2, -0.15) is 10.2 Å². The number of para-hydroxylation sites is 2. The molecule has 0 radical (unpaired) electrons. The standard InChI is InChI=1S/C66H52F4N10O7/c1-83-25-23-77-59-29-43(19-21-57(59)73-61(77)31-45-27-53(69)49(33-51(45)67)55-15-9-17-63(75-55)85-39-41-35-71-79(37-41)47-11-5-3-6-12-47)65(81)87-66(82)44-20-22-58-60(30-44)78(24-26-84-2)62(74-58)32-46-28-54(70)50(34-52(46)68)56-16-10-18-64(76-56)86-40-42-36-72-80(38-42)48-13-7-4-8-14-48/h3-22,27-30,33-38H,23-26,31-32,39-40H2,1-2H3. The van der Waals surface area contributed by atoms with E-state index >= 15 is 17.6 Å². The van der Waals surface area contributed by atoms with E-state index in [1.807, 2.05) is 73.1 Å². The van der Waals surface area contributed by atoms with Crippen LogP contribution in [0.1, 0.15) is 54.6 Å². The van der Waals surface area contributed by atoms with Gasteiger partial charge in [0.25, 0.3) is 0 Å². The van der Waals surface area contributed by atoms with Gasteiger partial charge in [-0.3, -0.25) is 0 Å². The topological polar surface area (TPSA) is 177 Å². The quantitative estimate of drug-likeness (QED) is 0.0356. The van der Waals surface area contributed by atoms with Gasteiger partial charge in [-0.15, -0.1) is 0 Å². The summed E-state index contributed by atoms with van der Waals surface area (Å²) in [4.78, 5) is 45.9. The summed E-state index contributed by atoms with van der Waals surface area (Å²) in [6.07, 6.45) is 6.75. The second-order valence-electron chi connectivity index (χ2n) is 20.2. The maximum atomic E-state index is 16.1. The molecule has 0 aliphatic heterocycles. The molecule has 436 valence electrons. The van der Waals surface area contributed by atoms with E-state index in [2.05, 4.69) is 20.2 Å². The van der Waals surface area contributed by atoms with Crippen LogP contribution in [0.2, 0.25) is 0 Å². The predicted octanol–water partition coefficient (Wildman–Crippen LogP) is 12.1. The lowest BCUT2D eigenvalue weighted by Gasteiger charge is -2.12. The van der Waals surface area contributed by atoms with E-state index in [1.54, 1.807) is 79.4 Å². The van der Waals surface area contributed by atoms with Gasteiger partial charge < -0.3 is 32.8 Å². The van der Waals surface area contributed by atoms with Crippen LogP contribution in [0, 0.1) is 23.3 Å². The van der Waals surface area contributed by atoms with E-state index < -0.39 is 35.2 Å². The molecule has 0 spiro atoms. The fraction of sp³-hybridized carbons (Fsp3) is 0.152. The van der Waals surface area contributed by atoms with Crippen LogP contribution in [-0.2, 0) is 53.4 Å². The Bertz CT molecular complexity index is 4210. The zero-order chi connectivity index (χ0) is 60.0. The molecule has 0 amide bonds. The van der Waals surface area contributed by atoms with E-state index in [0.29, 0.717) is 33.7 Å². The smallest absolute Gasteiger partial charge is 0.346 e. The van der Waals surface area contributed by atoms with Crippen molar-refractivity contribution in [2.45, 2.75) is 39.1 Å². The molecule has 0 bridgehead atoms. The Kier molecular flexibility index (Phi) is 16.5. The van der Waals surface area contributed by atoms with Gasteiger partial charge in [0.15, 0.2) is 0 Å². The van der Waals surface area contributed by atoms with Crippen LogP contribution in [0.25, 0.3) is 56.0 Å². The van der Waals surface area contributed by atoms with Crippen molar-refractivity contribution in [1.29, 1.82) is 0 Å². The third kappa shape index (κ3) is 12.6. The monoisotopic (exact) mass is 1170 g/mol. The number of nitrogens with zero attached hydrogens (tertiary/aromatic N) is 10. The second kappa shape index (κ2) is 25.3. The molecule has 6 heterocycles. The number of hydrogen-bond acceptors (Lipinski definition) is 13. The molecule has 6 aromatic carbocycles. The van der Waals surface area contributed by atoms with E-state index in [-0.39, 0.29) is 109 Å². The van der Waals surface area contributed by atoms with Crippen molar-refractivity contribution in [2.24, 2.45) is 0 Å². The van der Waals surface area contributed by atoms with Crippen LogP contribution in [0.5, 0.6) is 11.8 Å². The van der Waals surface area contributed by atoms with Crippen molar-refractivity contribution in [3.8, 4) is 45.6 Å². The number of benzene rings is 6. The largest absolute Gasteiger partial charge is 0.473 e. The number of hydrogen-bond donors (Lipinski definition) is 0. The number of ether oxygens (including phenoxy) is 5. The van der Waals surface area contributed by atoms with Crippen LogP contribution in [0.15, 0.2) is 183 Å². The molecule has 0 N–H and O–H groups in total. The Morgan fingerprint density at radius 2 is 0.908 bits per heavy atom. The number of carbonyl (C=O) groups is 2. The van der Waals surface area contributed by atoms with Gasteiger partial charge in [0, 0.05) is 86.9 Å². The Morgan fingerprint density at radius 1 is 0.471 bits per heavy atom. The molecule has 0 aliphatic rings. The normalized spacial score (nSPS) is 11.4. The molecule has 0 aliphatic carbocycles. The van der Waals surface area contributed by atoms with Gasteiger partial charge in [0.1, 0.15) is 48.1 Å². The van der Waals surface area contributed by atoms with Crippen LogP contribution >= 0.6 is 0 Å². The SMILES string of the molecule is COCCn1c(Cc2cc(F)c(-c3cccc(OCc4cnn(-c5ccccc5)c4)n3)cc2F)nc2ccc(C(=O)OC(=O)c3ccc4nc(Cc5cc(F)c(-c6cccc(OCc7cnn(-c8ccccc8)c7)n6)cc5F)n(CCOC)c4c3)cc21. The molecule has 21 heteroatoms. The number of methoxy groups -OCH3 is 2. The number of fused-ring (bicyclic) bond motifs is 2. The van der Waals surface area contributed by atoms with Gasteiger partial charge >= 0.3 is 11.9 Å². The first kappa shape index (κ1) is 56.8. The zero-order valence-electron chi connectivity index (χ0n) is 46.8. The zero-order valence-corrected chi connectivity index (χ0v) is 46.8. The first-order chi connectivity index (χ1) is 42.4. The fourth-order valence-electron chi connectivity index (χ4n) is 10.0. The Hall–Kier alpha value is -10.6. The molecule has 0 unspecified atom stereocenters. The average molecular weight is 1170 g/mol. The highest BCUT2D eigenvalue weighted by Crippen LogP contribution is 2.31. The van der Waals surface area contributed by atoms with E-state index in [0.717, 1.165) is 46.8 Å². The van der Waals surface area contributed by atoms with Crippen molar-refractivity contribution < 1.29 is 50.8 Å². The van der Waals surface area contributed by atoms with Crippen molar-refractivity contribution in [1.82, 2.24) is 48.6 Å².